The van der Waals surface area contributed by atoms with Gasteiger partial charge in [-0.15, -0.1) is 11.8 Å². The molecule has 0 spiro atoms. The van der Waals surface area contributed by atoms with Crippen LogP contribution in [0, 0.1) is 0 Å². The van der Waals surface area contributed by atoms with Crippen molar-refractivity contribution in [1.82, 2.24) is 10.2 Å². The molecule has 1 saturated carbocycles. The van der Waals surface area contributed by atoms with Gasteiger partial charge in [0.2, 0.25) is 15.6 Å². The second kappa shape index (κ2) is 6.69. The number of amides is 2. The van der Waals surface area contributed by atoms with Gasteiger partial charge < -0.3 is 15.0 Å². The van der Waals surface area contributed by atoms with E-state index in [9.17, 15) is 14.4 Å². The van der Waals surface area contributed by atoms with Gasteiger partial charge in [-0.2, -0.15) is 0 Å². The number of esters is 1. The molecule has 0 radical (unpaired) electrons. The molecule has 1 aliphatic carbocycles. The first-order chi connectivity index (χ1) is 13.1. The van der Waals surface area contributed by atoms with E-state index in [1.54, 1.807) is 0 Å². The molecule has 3 unspecified atom stereocenters. The van der Waals surface area contributed by atoms with E-state index >= 15 is 0 Å². The van der Waals surface area contributed by atoms with Crippen molar-refractivity contribution in [1.29, 1.82) is 0 Å². The third-order valence-electron chi connectivity index (χ3n) is 5.41. The van der Waals surface area contributed by atoms with Gasteiger partial charge in [0.25, 0.3) is 0 Å². The molecule has 2 amide bonds. The number of nitrogens with zero attached hydrogens (tertiary/aromatic N) is 1. The Hall–Kier alpha value is -1.15. The van der Waals surface area contributed by atoms with E-state index in [1.165, 1.54) is 16.7 Å². The van der Waals surface area contributed by atoms with Crippen molar-refractivity contribution >= 4 is 64.3 Å². The number of hydrogen-bond donors (Lipinski definition) is 1. The van der Waals surface area contributed by atoms with Crippen LogP contribution in [-0.4, -0.2) is 54.8 Å². The standard InChI is InChI=1S/C18H17Cl3N2O4S/c1-16-8-17(16,15(26)27-9-18(19,20)21)23-13(25)12(14(23)28-16)22-11(24)7-10-5-3-2-4-6-10/h2-6,12,14H,7-9H2,1H3,(H,22,24)/t12?,14-,16?,17?/m0/s1. The van der Waals surface area contributed by atoms with E-state index in [4.69, 9.17) is 39.5 Å². The molecule has 0 aromatic heterocycles. The van der Waals surface area contributed by atoms with Gasteiger partial charge in [-0.25, -0.2) is 4.79 Å². The number of carbonyl (C=O) groups is 3. The Bertz CT molecular complexity index is 849. The largest absolute Gasteiger partial charge is 0.459 e. The number of ether oxygens (including phenoxy) is 1. The van der Waals surface area contributed by atoms with Crippen LogP contribution in [0.3, 0.4) is 0 Å². The van der Waals surface area contributed by atoms with Crippen LogP contribution in [0.4, 0.5) is 0 Å². The van der Waals surface area contributed by atoms with Gasteiger partial charge in [0.1, 0.15) is 18.0 Å². The number of alkyl halides is 3. The van der Waals surface area contributed by atoms with Crippen molar-refractivity contribution in [2.24, 2.45) is 0 Å². The minimum absolute atomic E-state index is 0.190. The highest BCUT2D eigenvalue weighted by molar-refractivity contribution is 8.02. The van der Waals surface area contributed by atoms with E-state index in [-0.39, 0.29) is 30.2 Å². The van der Waals surface area contributed by atoms with E-state index in [0.29, 0.717) is 6.42 Å². The number of carbonyl (C=O) groups excluding carboxylic acids is 3. The average Bonchev–Trinajstić information content (AvgIpc) is 3.15. The SMILES string of the molecule is CC12CC1(C(=O)OCC(Cl)(Cl)Cl)N1C(=O)C(NC(=O)Cc3ccccc3)[C@@H]1S2. The van der Waals surface area contributed by atoms with Gasteiger partial charge in [-0.3, -0.25) is 9.59 Å². The lowest BCUT2D eigenvalue weighted by atomic mass is 10.00. The van der Waals surface area contributed by atoms with E-state index in [1.807, 2.05) is 37.3 Å². The lowest BCUT2D eigenvalue weighted by Gasteiger charge is -2.46. The molecule has 2 saturated heterocycles. The van der Waals surface area contributed by atoms with Crippen LogP contribution in [-0.2, 0) is 25.5 Å². The second-order valence-electron chi connectivity index (χ2n) is 7.38. The third-order valence-corrected chi connectivity index (χ3v) is 7.46. The maximum atomic E-state index is 12.7. The summed E-state index contributed by atoms with van der Waals surface area (Å²) < 4.78 is 2.99. The van der Waals surface area contributed by atoms with Crippen molar-refractivity contribution in [3.8, 4) is 0 Å². The van der Waals surface area contributed by atoms with Gasteiger partial charge >= 0.3 is 5.97 Å². The Morgan fingerprint density at radius 2 is 2.00 bits per heavy atom. The molecule has 6 nitrogen and oxygen atoms in total. The molecule has 0 bridgehead atoms. The van der Waals surface area contributed by atoms with Gasteiger partial charge in [-0.1, -0.05) is 65.1 Å². The summed E-state index contributed by atoms with van der Waals surface area (Å²) in [6.07, 6.45) is 0.673. The third kappa shape index (κ3) is 3.16. The Morgan fingerprint density at radius 3 is 2.64 bits per heavy atom. The highest BCUT2D eigenvalue weighted by atomic mass is 35.6. The molecule has 10 heteroatoms. The van der Waals surface area contributed by atoms with Gasteiger partial charge in [0, 0.05) is 6.42 Å². The van der Waals surface area contributed by atoms with Crippen molar-refractivity contribution in [3.05, 3.63) is 35.9 Å². The molecule has 3 aliphatic rings. The quantitative estimate of drug-likeness (QED) is 0.412. The summed E-state index contributed by atoms with van der Waals surface area (Å²) in [4.78, 5) is 39.2. The zero-order valence-electron chi connectivity index (χ0n) is 14.8. The van der Waals surface area contributed by atoms with Crippen molar-refractivity contribution < 1.29 is 19.1 Å². The van der Waals surface area contributed by atoms with Crippen LogP contribution >= 0.6 is 46.6 Å². The Labute approximate surface area is 181 Å². The normalized spacial score (nSPS) is 32.9. The van der Waals surface area contributed by atoms with Crippen LogP contribution < -0.4 is 5.32 Å². The molecule has 4 atom stereocenters. The van der Waals surface area contributed by atoms with E-state index in [2.05, 4.69) is 5.32 Å². The Kier molecular flexibility index (Phi) is 4.81. The number of hydrogen-bond acceptors (Lipinski definition) is 5. The summed E-state index contributed by atoms with van der Waals surface area (Å²) >= 11 is 18.5. The highest BCUT2D eigenvalue weighted by Crippen LogP contribution is 2.72. The summed E-state index contributed by atoms with van der Waals surface area (Å²) in [6.45, 7) is 1.52. The van der Waals surface area contributed by atoms with E-state index < -0.39 is 26.1 Å². The van der Waals surface area contributed by atoms with Crippen LogP contribution in [0.15, 0.2) is 30.3 Å². The average molecular weight is 464 g/mol. The van der Waals surface area contributed by atoms with E-state index in [0.717, 1.165) is 5.56 Å². The fourth-order valence-electron chi connectivity index (χ4n) is 3.97. The summed E-state index contributed by atoms with van der Waals surface area (Å²) in [6, 6.07) is 8.64. The molecule has 2 aliphatic heterocycles. The zero-order chi connectivity index (χ0) is 20.3. The second-order valence-corrected chi connectivity index (χ2v) is 11.5. The number of nitrogens with one attached hydrogen (secondary N) is 1. The van der Waals surface area contributed by atoms with Gasteiger partial charge in [-0.05, 0) is 12.5 Å². The Balaban J connectivity index is 1.41. The molecule has 3 fully saturated rings. The fraction of sp³-hybridized carbons (Fsp3) is 0.500. The predicted molar refractivity (Wildman–Crippen MR) is 107 cm³/mol. The van der Waals surface area contributed by atoms with Gasteiger partial charge in [0.05, 0.1) is 11.2 Å². The number of halogens is 3. The van der Waals surface area contributed by atoms with Crippen LogP contribution in [0.25, 0.3) is 0 Å². The molecule has 4 rings (SSSR count). The first kappa shape index (κ1) is 20.1. The number of fused-ring (bicyclic) bond motifs is 3. The highest BCUT2D eigenvalue weighted by Gasteiger charge is 2.85. The number of thioether (sulfide) groups is 1. The first-order valence-corrected chi connectivity index (χ1v) is 10.7. The maximum absolute atomic E-state index is 12.7. The molecule has 28 heavy (non-hydrogen) atoms. The minimum atomic E-state index is -1.71. The number of rotatable bonds is 5. The first-order valence-electron chi connectivity index (χ1n) is 8.66. The Morgan fingerprint density at radius 1 is 1.32 bits per heavy atom. The molecule has 1 aromatic carbocycles. The van der Waals surface area contributed by atoms with Gasteiger partial charge in [0.15, 0.2) is 5.54 Å². The van der Waals surface area contributed by atoms with Crippen molar-refractivity contribution in [2.45, 2.75) is 45.3 Å². The molecule has 1 aromatic rings. The summed E-state index contributed by atoms with van der Waals surface area (Å²) in [7, 11) is 0. The van der Waals surface area contributed by atoms with Crippen LogP contribution in [0.5, 0.6) is 0 Å². The number of β-lactam (4-membered cyclic amide) rings is 1. The topological polar surface area (TPSA) is 75.7 Å². The summed E-state index contributed by atoms with van der Waals surface area (Å²) in [5.74, 6) is -1.09. The summed E-state index contributed by atoms with van der Waals surface area (Å²) in [5, 5.41) is 2.49. The van der Waals surface area contributed by atoms with Crippen molar-refractivity contribution in [3.63, 3.8) is 0 Å². The van der Waals surface area contributed by atoms with Crippen LogP contribution in [0.2, 0.25) is 0 Å². The molecule has 150 valence electrons. The lowest BCUT2D eigenvalue weighted by Crippen LogP contribution is -2.72. The van der Waals surface area contributed by atoms with Crippen molar-refractivity contribution in [2.75, 3.05) is 6.61 Å². The maximum Gasteiger partial charge on any atom is 0.333 e. The van der Waals surface area contributed by atoms with Crippen LogP contribution in [0.1, 0.15) is 18.9 Å². The minimum Gasteiger partial charge on any atom is -0.459 e. The molecule has 1 N–H and O–H groups in total. The lowest BCUT2D eigenvalue weighted by molar-refractivity contribution is -0.166. The summed E-state index contributed by atoms with van der Waals surface area (Å²) in [5.41, 5.74) is -0.181. The zero-order valence-corrected chi connectivity index (χ0v) is 17.9. The fourth-order valence-corrected chi connectivity index (χ4v) is 6.05. The monoisotopic (exact) mass is 462 g/mol. The molecular weight excluding hydrogens is 447 g/mol. The predicted octanol–water partition coefficient (Wildman–Crippen LogP) is 2.44. The molecule has 2 heterocycles. The molecular formula is C18H17Cl3N2O4S. The number of benzene rings is 1. The smallest absolute Gasteiger partial charge is 0.333 e.